The molecule has 0 saturated heterocycles. The van der Waals surface area contributed by atoms with Crippen LogP contribution in [-0.4, -0.2) is 18.3 Å². The molecule has 2 heterocycles. The van der Waals surface area contributed by atoms with E-state index in [0.717, 1.165) is 25.1 Å². The van der Waals surface area contributed by atoms with Gasteiger partial charge in [-0.25, -0.2) is 4.79 Å². The third-order valence-corrected chi connectivity index (χ3v) is 4.23. The topological polar surface area (TPSA) is 46.6 Å². The summed E-state index contributed by atoms with van der Waals surface area (Å²) in [6.07, 6.45) is 3.64. The summed E-state index contributed by atoms with van der Waals surface area (Å²) >= 11 is 0. The molecule has 0 amide bonds. The molecule has 0 radical (unpaired) electrons. The summed E-state index contributed by atoms with van der Waals surface area (Å²) in [5.74, 6) is -0.532. The van der Waals surface area contributed by atoms with Crippen LogP contribution in [0.1, 0.15) is 22.3 Å². The largest absolute Gasteiger partial charge is 0.422 e. The number of ether oxygens (including phenoxy) is 1. The van der Waals surface area contributed by atoms with Gasteiger partial charge in [0.15, 0.2) is 0 Å². The molecule has 2 aromatic carbocycles. The fraction of sp³-hybridized carbons (Fsp3) is 0.158. The number of hydrogen-bond donors (Lipinski definition) is 0. The molecular formula is C19H15NO3. The van der Waals surface area contributed by atoms with Gasteiger partial charge in [0.05, 0.1) is 5.56 Å². The number of nitrogens with zero attached hydrogens (tertiary/aromatic N) is 1. The van der Waals surface area contributed by atoms with Crippen LogP contribution in [0.3, 0.4) is 0 Å². The van der Waals surface area contributed by atoms with Gasteiger partial charge in [-0.15, -0.1) is 0 Å². The van der Waals surface area contributed by atoms with Crippen LogP contribution in [0.2, 0.25) is 0 Å². The van der Waals surface area contributed by atoms with Crippen molar-refractivity contribution < 1.29 is 14.3 Å². The van der Waals surface area contributed by atoms with Crippen LogP contribution < -0.4 is 9.64 Å². The van der Waals surface area contributed by atoms with Gasteiger partial charge in [-0.05, 0) is 36.6 Å². The number of rotatable bonds is 1. The smallest absolute Gasteiger partial charge is 0.349 e. The van der Waals surface area contributed by atoms with E-state index in [2.05, 4.69) is 6.07 Å². The highest BCUT2D eigenvalue weighted by Crippen LogP contribution is 2.31. The number of hydrogen-bond acceptors (Lipinski definition) is 4. The first-order chi connectivity index (χ1) is 11.2. The summed E-state index contributed by atoms with van der Waals surface area (Å²) in [7, 11) is 0. The van der Waals surface area contributed by atoms with E-state index in [4.69, 9.17) is 4.74 Å². The quantitative estimate of drug-likeness (QED) is 0.351. The van der Waals surface area contributed by atoms with Gasteiger partial charge in [0.25, 0.3) is 0 Å². The standard InChI is InChI=1S/C19H15NO3/c21-18-14-8-2-4-10-17(14)23-19(22)15(18)12-20-11-5-7-13-6-1-3-9-16(13)20/h1-4,6,8-10,12H,5,7,11H2. The van der Waals surface area contributed by atoms with E-state index < -0.39 is 5.97 Å². The monoisotopic (exact) mass is 305 g/mol. The molecule has 0 spiro atoms. The maximum absolute atomic E-state index is 12.6. The molecule has 0 unspecified atom stereocenters. The second-order valence-corrected chi connectivity index (χ2v) is 5.68. The summed E-state index contributed by atoms with van der Waals surface area (Å²) < 4.78 is 5.29. The molecule has 0 aromatic heterocycles. The molecule has 4 heteroatoms. The van der Waals surface area contributed by atoms with Crippen LogP contribution in [0.25, 0.3) is 0 Å². The first-order valence-corrected chi connectivity index (χ1v) is 7.66. The summed E-state index contributed by atoms with van der Waals surface area (Å²) in [6.45, 7) is 0.780. The lowest BCUT2D eigenvalue weighted by atomic mass is 9.99. The van der Waals surface area contributed by atoms with Gasteiger partial charge in [-0.1, -0.05) is 30.3 Å². The minimum atomic E-state index is -0.586. The number of fused-ring (bicyclic) bond motifs is 2. The number of carbonyl (C=O) groups is 2. The Bertz CT molecular complexity index is 838. The zero-order valence-corrected chi connectivity index (χ0v) is 12.5. The summed E-state index contributed by atoms with van der Waals surface area (Å²) in [5.41, 5.74) is 2.79. The molecule has 4 rings (SSSR count). The lowest BCUT2D eigenvalue weighted by Crippen LogP contribution is -2.30. The van der Waals surface area contributed by atoms with Crippen LogP contribution in [-0.2, 0) is 11.2 Å². The second kappa shape index (κ2) is 5.39. The maximum Gasteiger partial charge on any atom is 0.349 e. The molecule has 114 valence electrons. The van der Waals surface area contributed by atoms with Crippen LogP contribution >= 0.6 is 0 Å². The fourth-order valence-corrected chi connectivity index (χ4v) is 3.10. The zero-order valence-electron chi connectivity index (χ0n) is 12.5. The van der Waals surface area contributed by atoms with Gasteiger partial charge in [0, 0.05) is 18.4 Å². The molecular weight excluding hydrogens is 290 g/mol. The van der Waals surface area contributed by atoms with E-state index in [1.54, 1.807) is 30.5 Å². The van der Waals surface area contributed by atoms with Gasteiger partial charge >= 0.3 is 5.97 Å². The normalized spacial score (nSPS) is 18.4. The van der Waals surface area contributed by atoms with Crippen molar-refractivity contribution in [3.8, 4) is 5.75 Å². The van der Waals surface area contributed by atoms with Crippen molar-refractivity contribution in [3.63, 3.8) is 0 Å². The van der Waals surface area contributed by atoms with Crippen molar-refractivity contribution in [3.05, 3.63) is 71.4 Å². The molecule has 0 fully saturated rings. The third-order valence-electron chi connectivity index (χ3n) is 4.23. The lowest BCUT2D eigenvalue weighted by Gasteiger charge is -2.29. The fourth-order valence-electron chi connectivity index (χ4n) is 3.10. The molecule has 2 aliphatic rings. The minimum absolute atomic E-state index is 0.0837. The van der Waals surface area contributed by atoms with Crippen molar-refractivity contribution in [2.75, 3.05) is 11.4 Å². The molecule has 2 aliphatic heterocycles. The van der Waals surface area contributed by atoms with E-state index in [-0.39, 0.29) is 11.4 Å². The molecule has 0 bridgehead atoms. The van der Waals surface area contributed by atoms with Crippen molar-refractivity contribution in [2.24, 2.45) is 0 Å². The van der Waals surface area contributed by atoms with Gasteiger partial charge in [-0.2, -0.15) is 0 Å². The van der Waals surface area contributed by atoms with Crippen molar-refractivity contribution in [2.45, 2.75) is 12.8 Å². The van der Waals surface area contributed by atoms with E-state index in [1.807, 2.05) is 23.1 Å². The molecule has 0 saturated carbocycles. The number of para-hydroxylation sites is 2. The molecule has 23 heavy (non-hydrogen) atoms. The Balaban J connectivity index is 1.75. The van der Waals surface area contributed by atoms with E-state index in [0.29, 0.717) is 11.3 Å². The molecule has 0 N–H and O–H groups in total. The second-order valence-electron chi connectivity index (χ2n) is 5.68. The Kier molecular flexibility index (Phi) is 3.23. The predicted molar refractivity (Wildman–Crippen MR) is 86.6 cm³/mol. The van der Waals surface area contributed by atoms with E-state index in [9.17, 15) is 9.59 Å². The number of aryl methyl sites for hydroxylation is 1. The number of anilines is 1. The van der Waals surface area contributed by atoms with Crippen LogP contribution in [0.5, 0.6) is 5.75 Å². The van der Waals surface area contributed by atoms with Crippen LogP contribution in [0.15, 0.2) is 60.3 Å². The first kappa shape index (κ1) is 13.8. The van der Waals surface area contributed by atoms with Crippen molar-refractivity contribution >= 4 is 17.4 Å². The Labute approximate surface area is 134 Å². The third kappa shape index (κ3) is 2.32. The lowest BCUT2D eigenvalue weighted by molar-refractivity contribution is -0.130. The molecule has 2 aromatic rings. The van der Waals surface area contributed by atoms with Crippen molar-refractivity contribution in [1.82, 2.24) is 0 Å². The van der Waals surface area contributed by atoms with Crippen molar-refractivity contribution in [1.29, 1.82) is 0 Å². The van der Waals surface area contributed by atoms with E-state index in [1.165, 1.54) is 5.56 Å². The zero-order chi connectivity index (χ0) is 15.8. The maximum atomic E-state index is 12.6. The number of Topliss-reactive ketones (excluding diaryl/α,β-unsaturated/α-hetero) is 1. The highest BCUT2D eigenvalue weighted by molar-refractivity contribution is 6.27. The Morgan fingerprint density at radius 2 is 1.78 bits per heavy atom. The Hall–Kier alpha value is -2.88. The predicted octanol–water partition coefficient (Wildman–Crippen LogP) is 3.13. The minimum Gasteiger partial charge on any atom is -0.422 e. The number of ketones is 1. The number of carbonyl (C=O) groups excluding carboxylic acids is 2. The highest BCUT2D eigenvalue weighted by atomic mass is 16.5. The summed E-state index contributed by atoms with van der Waals surface area (Å²) in [5, 5.41) is 0. The van der Waals surface area contributed by atoms with Gasteiger partial charge < -0.3 is 9.64 Å². The summed E-state index contributed by atoms with van der Waals surface area (Å²) in [6, 6.07) is 14.9. The van der Waals surface area contributed by atoms with Crippen LogP contribution in [0.4, 0.5) is 5.69 Å². The number of benzene rings is 2. The Morgan fingerprint density at radius 1 is 1.00 bits per heavy atom. The SMILES string of the molecule is O=C1Oc2ccccc2C(=O)C1=CN1CCCc2ccccc21. The average molecular weight is 305 g/mol. The highest BCUT2D eigenvalue weighted by Gasteiger charge is 2.31. The first-order valence-electron chi connectivity index (χ1n) is 7.66. The molecule has 0 aliphatic carbocycles. The average Bonchev–Trinajstić information content (AvgIpc) is 2.59. The van der Waals surface area contributed by atoms with Gasteiger partial charge in [0.1, 0.15) is 11.3 Å². The molecule has 4 nitrogen and oxygen atoms in total. The molecule has 0 atom stereocenters. The summed E-state index contributed by atoms with van der Waals surface area (Å²) in [4.78, 5) is 26.8. The van der Waals surface area contributed by atoms with E-state index >= 15 is 0 Å². The number of esters is 1. The van der Waals surface area contributed by atoms with Gasteiger partial charge in [0.2, 0.25) is 5.78 Å². The Morgan fingerprint density at radius 3 is 2.70 bits per heavy atom. The van der Waals surface area contributed by atoms with Gasteiger partial charge in [-0.3, -0.25) is 4.79 Å². The van der Waals surface area contributed by atoms with Crippen LogP contribution in [0, 0.1) is 0 Å².